The lowest BCUT2D eigenvalue weighted by atomic mass is 10.0. The number of fused-ring (bicyclic) bond motifs is 1. The van der Waals surface area contributed by atoms with Gasteiger partial charge in [-0.25, -0.2) is 0 Å². The van der Waals surface area contributed by atoms with Crippen LogP contribution in [0, 0.1) is 6.92 Å². The van der Waals surface area contributed by atoms with Crippen LogP contribution in [0.15, 0.2) is 35.4 Å². The summed E-state index contributed by atoms with van der Waals surface area (Å²) in [7, 11) is 1.81. The predicted octanol–water partition coefficient (Wildman–Crippen LogP) is 0.407. The summed E-state index contributed by atoms with van der Waals surface area (Å²) in [5.74, 6) is -0.678. The maximum Gasteiger partial charge on any atom is 0.262 e. The number of aromatic nitrogens is 4. The first-order chi connectivity index (χ1) is 12.4. The first kappa shape index (κ1) is 15.8. The van der Waals surface area contributed by atoms with E-state index in [0.717, 1.165) is 17.2 Å². The molecular weight excluding hydrogens is 336 g/mol. The van der Waals surface area contributed by atoms with Gasteiger partial charge in [-0.15, -0.1) is 10.2 Å². The van der Waals surface area contributed by atoms with Crippen LogP contribution in [0.4, 0.5) is 5.82 Å². The van der Waals surface area contributed by atoms with Gasteiger partial charge in [0, 0.05) is 18.7 Å². The summed E-state index contributed by atoms with van der Waals surface area (Å²) in [6.45, 7) is 1.82. The number of nitrogens with one attached hydrogen (secondary N) is 1. The Morgan fingerprint density at radius 1 is 1.12 bits per heavy atom. The Balaban J connectivity index is 2.00. The Morgan fingerprint density at radius 3 is 2.58 bits per heavy atom. The minimum atomic E-state index is -0.620. The number of pyridine rings is 1. The lowest BCUT2D eigenvalue weighted by Gasteiger charge is -2.16. The number of benzene rings is 1. The molecule has 9 heteroatoms. The van der Waals surface area contributed by atoms with Crippen molar-refractivity contribution in [3.05, 3.63) is 57.6 Å². The standard InChI is InChI=1S/C17H14N6O3/c1-8-9(15-21-19-7-22(15)2)4-3-5-11(8)23-12(24)6-10-13(14(23)18)17(26)20-16(10)25/h3-7H,18H2,1-2H3,(H,20,25,26). The summed E-state index contributed by atoms with van der Waals surface area (Å²) in [6.07, 6.45) is 1.58. The molecule has 0 aliphatic carbocycles. The second kappa shape index (κ2) is 5.38. The maximum absolute atomic E-state index is 12.6. The van der Waals surface area contributed by atoms with E-state index in [4.69, 9.17) is 5.73 Å². The SMILES string of the molecule is Cc1c(-c2nncn2C)cccc1-n1c(N)c2c(cc1=O)C(=O)NC2=O. The Hall–Kier alpha value is -3.75. The average molecular weight is 350 g/mol. The van der Waals surface area contributed by atoms with Gasteiger partial charge < -0.3 is 10.3 Å². The van der Waals surface area contributed by atoms with Crippen LogP contribution in [-0.2, 0) is 7.05 Å². The molecule has 26 heavy (non-hydrogen) atoms. The van der Waals surface area contributed by atoms with Crippen LogP contribution in [0.25, 0.3) is 17.1 Å². The van der Waals surface area contributed by atoms with Crippen molar-refractivity contribution in [3.63, 3.8) is 0 Å². The highest BCUT2D eigenvalue weighted by atomic mass is 16.2. The molecule has 0 spiro atoms. The molecule has 0 atom stereocenters. The van der Waals surface area contributed by atoms with Crippen LogP contribution < -0.4 is 16.6 Å². The van der Waals surface area contributed by atoms with Crippen molar-refractivity contribution in [2.24, 2.45) is 7.05 Å². The lowest BCUT2D eigenvalue weighted by Crippen LogP contribution is -2.24. The molecule has 1 aliphatic rings. The van der Waals surface area contributed by atoms with Gasteiger partial charge in [-0.2, -0.15) is 0 Å². The zero-order valence-corrected chi connectivity index (χ0v) is 14.0. The summed E-state index contributed by atoms with van der Waals surface area (Å²) in [6, 6.07) is 6.46. The molecule has 1 aliphatic heterocycles. The molecule has 0 fully saturated rings. The van der Waals surface area contributed by atoms with E-state index in [1.165, 1.54) is 4.57 Å². The van der Waals surface area contributed by atoms with Gasteiger partial charge >= 0.3 is 0 Å². The molecule has 3 aromatic rings. The second-order valence-corrected chi connectivity index (χ2v) is 5.99. The normalized spacial score (nSPS) is 13.0. The smallest absolute Gasteiger partial charge is 0.262 e. The Kier molecular flexibility index (Phi) is 3.26. The topological polar surface area (TPSA) is 125 Å². The zero-order valence-electron chi connectivity index (χ0n) is 14.0. The highest BCUT2D eigenvalue weighted by molar-refractivity contribution is 6.23. The lowest BCUT2D eigenvalue weighted by molar-refractivity contribution is 0.0880. The number of nitrogens with two attached hydrogens (primary N) is 1. The van der Waals surface area contributed by atoms with Crippen molar-refractivity contribution < 1.29 is 9.59 Å². The average Bonchev–Trinajstić information content (AvgIpc) is 3.12. The predicted molar refractivity (Wildman–Crippen MR) is 93.0 cm³/mol. The fourth-order valence-electron chi connectivity index (χ4n) is 3.16. The number of hydrogen-bond donors (Lipinski definition) is 2. The van der Waals surface area contributed by atoms with Crippen LogP contribution in [0.1, 0.15) is 26.3 Å². The van der Waals surface area contributed by atoms with Gasteiger partial charge in [0.1, 0.15) is 12.1 Å². The van der Waals surface area contributed by atoms with Crippen molar-refractivity contribution >= 4 is 17.6 Å². The van der Waals surface area contributed by atoms with E-state index in [-0.39, 0.29) is 16.9 Å². The van der Waals surface area contributed by atoms with Gasteiger partial charge in [-0.05, 0) is 18.6 Å². The number of amides is 2. The highest BCUT2D eigenvalue weighted by Crippen LogP contribution is 2.28. The maximum atomic E-state index is 12.6. The number of anilines is 1. The molecule has 0 bridgehead atoms. The van der Waals surface area contributed by atoms with Crippen molar-refractivity contribution in [1.29, 1.82) is 0 Å². The van der Waals surface area contributed by atoms with Crippen molar-refractivity contribution in [2.45, 2.75) is 6.92 Å². The van der Waals surface area contributed by atoms with Gasteiger partial charge in [-0.1, -0.05) is 12.1 Å². The fraction of sp³-hybridized carbons (Fsp3) is 0.118. The fourth-order valence-corrected chi connectivity index (χ4v) is 3.16. The summed E-state index contributed by atoms with van der Waals surface area (Å²) in [5.41, 5.74) is 7.63. The van der Waals surface area contributed by atoms with Crippen LogP contribution in [0.5, 0.6) is 0 Å². The molecule has 4 rings (SSSR count). The zero-order chi connectivity index (χ0) is 18.6. The second-order valence-electron chi connectivity index (χ2n) is 5.99. The van der Waals surface area contributed by atoms with Crippen LogP contribution in [0.3, 0.4) is 0 Å². The van der Waals surface area contributed by atoms with Crippen molar-refractivity contribution in [2.75, 3.05) is 5.73 Å². The summed E-state index contributed by atoms with van der Waals surface area (Å²) < 4.78 is 2.99. The summed E-state index contributed by atoms with van der Waals surface area (Å²) in [4.78, 5) is 36.4. The van der Waals surface area contributed by atoms with Crippen molar-refractivity contribution in [3.8, 4) is 17.1 Å². The van der Waals surface area contributed by atoms with E-state index in [1.54, 1.807) is 23.0 Å². The van der Waals surface area contributed by atoms with E-state index in [0.29, 0.717) is 11.5 Å². The monoisotopic (exact) mass is 350 g/mol. The van der Waals surface area contributed by atoms with Crippen LogP contribution >= 0.6 is 0 Å². The highest BCUT2D eigenvalue weighted by Gasteiger charge is 2.32. The van der Waals surface area contributed by atoms with Gasteiger partial charge in [0.2, 0.25) is 0 Å². The Labute approximate surface area is 147 Å². The molecule has 0 unspecified atom stereocenters. The van der Waals surface area contributed by atoms with Gasteiger partial charge in [0.25, 0.3) is 17.4 Å². The van der Waals surface area contributed by atoms with Gasteiger partial charge in [0.15, 0.2) is 5.82 Å². The number of carbonyl (C=O) groups is 2. The van der Waals surface area contributed by atoms with Crippen LogP contribution in [0.2, 0.25) is 0 Å². The number of hydrogen-bond acceptors (Lipinski definition) is 6. The molecular formula is C17H14N6O3. The van der Waals surface area contributed by atoms with Gasteiger partial charge in [0.05, 0.1) is 16.8 Å². The number of nitrogens with zero attached hydrogens (tertiary/aromatic N) is 4. The molecule has 130 valence electrons. The summed E-state index contributed by atoms with van der Waals surface area (Å²) in [5, 5.41) is 10.1. The molecule has 0 radical (unpaired) electrons. The molecule has 0 saturated heterocycles. The number of carbonyl (C=O) groups excluding carboxylic acids is 2. The van der Waals surface area contributed by atoms with E-state index >= 15 is 0 Å². The third kappa shape index (κ3) is 2.07. The molecule has 3 heterocycles. The van der Waals surface area contributed by atoms with Gasteiger partial charge in [-0.3, -0.25) is 24.3 Å². The molecule has 3 N–H and O–H groups in total. The van der Waals surface area contributed by atoms with E-state index in [9.17, 15) is 14.4 Å². The quantitative estimate of drug-likeness (QED) is 0.645. The Morgan fingerprint density at radius 2 is 1.88 bits per heavy atom. The van der Waals surface area contributed by atoms with E-state index < -0.39 is 17.4 Å². The van der Waals surface area contributed by atoms with E-state index in [2.05, 4.69) is 15.5 Å². The Bertz CT molecular complexity index is 1160. The molecule has 9 nitrogen and oxygen atoms in total. The first-order valence-corrected chi connectivity index (χ1v) is 7.75. The largest absolute Gasteiger partial charge is 0.384 e. The minimum Gasteiger partial charge on any atom is -0.384 e. The first-order valence-electron chi connectivity index (χ1n) is 7.75. The van der Waals surface area contributed by atoms with E-state index in [1.807, 2.05) is 20.0 Å². The minimum absolute atomic E-state index is 0.00383. The number of rotatable bonds is 2. The van der Waals surface area contributed by atoms with Crippen molar-refractivity contribution in [1.82, 2.24) is 24.6 Å². The number of imide groups is 1. The number of aryl methyl sites for hydroxylation is 1. The summed E-state index contributed by atoms with van der Waals surface area (Å²) >= 11 is 0. The molecule has 0 saturated carbocycles. The molecule has 2 aromatic heterocycles. The molecule has 1 aromatic carbocycles. The third-order valence-corrected chi connectivity index (χ3v) is 4.45. The number of nitrogen functional groups attached to an aromatic ring is 1. The third-order valence-electron chi connectivity index (χ3n) is 4.45. The van der Waals surface area contributed by atoms with Crippen LogP contribution in [-0.4, -0.2) is 31.1 Å². The molecule has 2 amide bonds.